The van der Waals surface area contributed by atoms with Crippen LogP contribution in [0.5, 0.6) is 5.75 Å². The fourth-order valence-electron chi connectivity index (χ4n) is 3.63. The molecule has 8 heteroatoms. The van der Waals surface area contributed by atoms with Crippen molar-refractivity contribution in [3.05, 3.63) is 89.2 Å². The predicted molar refractivity (Wildman–Crippen MR) is 117 cm³/mol. The minimum atomic E-state index is -4.62. The molecule has 3 N–H and O–H groups in total. The summed E-state index contributed by atoms with van der Waals surface area (Å²) in [6, 6.07) is 18.2. The molecule has 0 aliphatic rings. The molecule has 0 amide bonds. The molecular formula is C25H20F3NO4. The van der Waals surface area contributed by atoms with E-state index in [1.807, 2.05) is 6.07 Å². The molecule has 170 valence electrons. The van der Waals surface area contributed by atoms with Crippen LogP contribution in [0.25, 0.3) is 22.1 Å². The summed E-state index contributed by atoms with van der Waals surface area (Å²) in [5.74, 6) is -1.68. The van der Waals surface area contributed by atoms with Crippen molar-refractivity contribution in [2.45, 2.75) is 25.7 Å². The molecule has 0 bridgehead atoms. The van der Waals surface area contributed by atoms with E-state index in [9.17, 15) is 18.0 Å². The summed E-state index contributed by atoms with van der Waals surface area (Å²) in [5.41, 5.74) is 8.93. The van der Waals surface area contributed by atoms with Crippen molar-refractivity contribution < 1.29 is 32.2 Å². The van der Waals surface area contributed by atoms with Gasteiger partial charge in [0.2, 0.25) is 5.76 Å². The topological polar surface area (TPSA) is 85.7 Å². The number of aliphatic carboxylic acids is 1. The number of carboxylic acid groups (broad SMARTS) is 1. The van der Waals surface area contributed by atoms with Gasteiger partial charge in [-0.1, -0.05) is 36.4 Å². The van der Waals surface area contributed by atoms with Crippen molar-refractivity contribution in [2.75, 3.05) is 0 Å². The van der Waals surface area contributed by atoms with Gasteiger partial charge in [-0.2, -0.15) is 13.2 Å². The van der Waals surface area contributed by atoms with Crippen LogP contribution in [-0.4, -0.2) is 11.1 Å². The number of carbonyl (C=O) groups is 1. The second-order valence-corrected chi connectivity index (χ2v) is 7.54. The zero-order chi connectivity index (χ0) is 23.6. The molecule has 3 aromatic carbocycles. The molecule has 1 aromatic heterocycles. The van der Waals surface area contributed by atoms with E-state index in [0.717, 1.165) is 11.6 Å². The van der Waals surface area contributed by atoms with Crippen molar-refractivity contribution in [1.82, 2.24) is 0 Å². The number of nitrogens with two attached hydrogens (primary N) is 1. The van der Waals surface area contributed by atoms with Gasteiger partial charge in [0, 0.05) is 23.1 Å². The van der Waals surface area contributed by atoms with Crippen LogP contribution in [0.4, 0.5) is 13.2 Å². The molecule has 0 aliphatic heterocycles. The van der Waals surface area contributed by atoms with Gasteiger partial charge in [-0.05, 0) is 47.0 Å². The number of fused-ring (bicyclic) bond motifs is 1. The van der Waals surface area contributed by atoms with Crippen molar-refractivity contribution >= 4 is 16.9 Å². The molecule has 0 fully saturated rings. The lowest BCUT2D eigenvalue weighted by molar-refractivity contribution is -0.152. The van der Waals surface area contributed by atoms with Crippen LogP contribution in [0.1, 0.15) is 22.5 Å². The highest BCUT2D eigenvalue weighted by atomic mass is 19.4. The maximum Gasteiger partial charge on any atom is 0.449 e. The average molecular weight is 455 g/mol. The lowest BCUT2D eigenvalue weighted by atomic mass is 9.99. The Morgan fingerprint density at radius 2 is 1.79 bits per heavy atom. The van der Waals surface area contributed by atoms with E-state index in [-0.39, 0.29) is 30.5 Å². The van der Waals surface area contributed by atoms with Crippen molar-refractivity contribution in [3.63, 3.8) is 0 Å². The van der Waals surface area contributed by atoms with Crippen molar-refractivity contribution in [2.24, 2.45) is 5.73 Å². The monoisotopic (exact) mass is 455 g/mol. The van der Waals surface area contributed by atoms with Gasteiger partial charge in [-0.15, -0.1) is 0 Å². The molecule has 0 radical (unpaired) electrons. The highest BCUT2D eigenvalue weighted by Crippen LogP contribution is 2.39. The Morgan fingerprint density at radius 1 is 1.00 bits per heavy atom. The van der Waals surface area contributed by atoms with Crippen LogP contribution < -0.4 is 10.5 Å². The van der Waals surface area contributed by atoms with E-state index < -0.39 is 17.9 Å². The maximum atomic E-state index is 13.3. The molecule has 0 saturated carbocycles. The van der Waals surface area contributed by atoms with Gasteiger partial charge in [0.15, 0.2) is 0 Å². The smallest absolute Gasteiger partial charge is 0.449 e. The van der Waals surface area contributed by atoms with Gasteiger partial charge >= 0.3 is 12.1 Å². The summed E-state index contributed by atoms with van der Waals surface area (Å²) in [6.07, 6.45) is -4.83. The largest absolute Gasteiger partial charge is 0.489 e. The standard InChI is InChI=1S/C25H20F3NO4/c26-25(27,28)22-11-19-9-16(14-32-21-7-2-1-5-18(21)12-23(30)31)10-20(24(19)33-22)17-6-3-4-15(8-17)13-29/h1-11H,12-14,29H2,(H,30,31). The van der Waals surface area contributed by atoms with Crippen LogP contribution in [0.15, 0.2) is 71.1 Å². The predicted octanol–water partition coefficient (Wildman–Crippen LogP) is 5.78. The Labute approximate surface area is 187 Å². The third-order valence-corrected chi connectivity index (χ3v) is 5.14. The van der Waals surface area contributed by atoms with E-state index in [0.29, 0.717) is 28.0 Å². The highest BCUT2D eigenvalue weighted by molar-refractivity contribution is 5.93. The Balaban J connectivity index is 1.76. The second kappa shape index (κ2) is 8.99. The quantitative estimate of drug-likeness (QED) is 0.369. The summed E-state index contributed by atoms with van der Waals surface area (Å²) in [5, 5.41) is 9.39. The van der Waals surface area contributed by atoms with Gasteiger partial charge in [-0.25, -0.2) is 0 Å². The first-order valence-corrected chi connectivity index (χ1v) is 10.1. The maximum absolute atomic E-state index is 13.3. The zero-order valence-corrected chi connectivity index (χ0v) is 17.4. The minimum absolute atomic E-state index is 0.0304. The molecule has 0 saturated heterocycles. The number of para-hydroxylation sites is 1. The molecule has 4 aromatic rings. The normalized spacial score (nSPS) is 11.6. The first kappa shape index (κ1) is 22.4. The summed E-state index contributed by atoms with van der Waals surface area (Å²) < 4.78 is 51.0. The number of furan rings is 1. The van der Waals surface area contributed by atoms with Gasteiger partial charge in [0.05, 0.1) is 6.42 Å². The Kier molecular flexibility index (Phi) is 6.11. The number of carboxylic acids is 1. The SMILES string of the molecule is NCc1cccc(-c2cc(COc3ccccc3CC(=O)O)cc3cc(C(F)(F)F)oc23)c1. The van der Waals surface area contributed by atoms with Crippen LogP contribution in [0.3, 0.4) is 0 Å². The minimum Gasteiger partial charge on any atom is -0.489 e. The number of ether oxygens (including phenoxy) is 1. The summed E-state index contributed by atoms with van der Waals surface area (Å²) >= 11 is 0. The number of alkyl halides is 3. The summed E-state index contributed by atoms with van der Waals surface area (Å²) in [4.78, 5) is 11.1. The first-order valence-electron chi connectivity index (χ1n) is 10.1. The number of rotatable bonds is 7. The third-order valence-electron chi connectivity index (χ3n) is 5.14. The summed E-state index contributed by atoms with van der Waals surface area (Å²) in [7, 11) is 0. The van der Waals surface area contributed by atoms with Crippen LogP contribution in [0, 0.1) is 0 Å². The van der Waals surface area contributed by atoms with Crippen LogP contribution in [0.2, 0.25) is 0 Å². The van der Waals surface area contributed by atoms with E-state index in [2.05, 4.69) is 0 Å². The molecule has 1 heterocycles. The molecule has 33 heavy (non-hydrogen) atoms. The molecular weight excluding hydrogens is 435 g/mol. The molecule has 0 aliphatic carbocycles. The second-order valence-electron chi connectivity index (χ2n) is 7.54. The van der Waals surface area contributed by atoms with E-state index in [1.165, 1.54) is 0 Å². The van der Waals surface area contributed by atoms with E-state index in [4.69, 9.17) is 20.0 Å². The zero-order valence-electron chi connectivity index (χ0n) is 17.4. The van der Waals surface area contributed by atoms with Crippen molar-refractivity contribution in [3.8, 4) is 16.9 Å². The molecule has 0 atom stereocenters. The fourth-order valence-corrected chi connectivity index (χ4v) is 3.63. The molecule has 5 nitrogen and oxygen atoms in total. The number of hydrogen-bond acceptors (Lipinski definition) is 4. The fraction of sp³-hybridized carbons (Fsp3) is 0.160. The van der Waals surface area contributed by atoms with Gasteiger partial charge in [-0.3, -0.25) is 4.79 Å². The average Bonchev–Trinajstić information content (AvgIpc) is 3.22. The Morgan fingerprint density at radius 3 is 2.52 bits per heavy atom. The Hall–Kier alpha value is -3.78. The van der Waals surface area contributed by atoms with Gasteiger partial charge in [0.1, 0.15) is 17.9 Å². The molecule has 0 spiro atoms. The first-order chi connectivity index (χ1) is 15.7. The number of halogens is 3. The lowest BCUT2D eigenvalue weighted by Crippen LogP contribution is -2.04. The van der Waals surface area contributed by atoms with Gasteiger partial charge < -0.3 is 20.0 Å². The number of hydrogen-bond donors (Lipinski definition) is 2. The van der Waals surface area contributed by atoms with Crippen LogP contribution in [-0.2, 0) is 30.5 Å². The van der Waals surface area contributed by atoms with Gasteiger partial charge in [0.25, 0.3) is 0 Å². The lowest BCUT2D eigenvalue weighted by Gasteiger charge is -2.12. The van der Waals surface area contributed by atoms with Crippen LogP contribution >= 0.6 is 0 Å². The van der Waals surface area contributed by atoms with E-state index >= 15 is 0 Å². The molecule has 4 rings (SSSR count). The Bertz CT molecular complexity index is 1310. The highest BCUT2D eigenvalue weighted by Gasteiger charge is 2.35. The molecule has 0 unspecified atom stereocenters. The van der Waals surface area contributed by atoms with Crippen molar-refractivity contribution in [1.29, 1.82) is 0 Å². The summed E-state index contributed by atoms with van der Waals surface area (Å²) in [6.45, 7) is 0.314. The third kappa shape index (κ3) is 5.01. The number of benzene rings is 3. The van der Waals surface area contributed by atoms with E-state index in [1.54, 1.807) is 54.6 Å².